The molecule has 100 valence electrons. The molecule has 1 aromatic heterocycles. The average molecular weight is 255 g/mol. The van der Waals surface area contributed by atoms with Gasteiger partial charge in [-0.05, 0) is 38.3 Å². The van der Waals surface area contributed by atoms with Crippen molar-refractivity contribution in [1.29, 1.82) is 0 Å². The van der Waals surface area contributed by atoms with Crippen molar-refractivity contribution >= 4 is 0 Å². The van der Waals surface area contributed by atoms with Gasteiger partial charge in [0.1, 0.15) is 0 Å². The summed E-state index contributed by atoms with van der Waals surface area (Å²) in [6, 6.07) is 10.1. The highest BCUT2D eigenvalue weighted by atomic mass is 14.9. The van der Waals surface area contributed by atoms with Crippen LogP contribution in [0, 0.1) is 19.8 Å². The molecule has 3 nitrogen and oxygen atoms in total. The van der Waals surface area contributed by atoms with E-state index in [-0.39, 0.29) is 0 Å². The summed E-state index contributed by atoms with van der Waals surface area (Å²) in [6.45, 7) is 6.96. The Morgan fingerprint density at radius 3 is 2.16 bits per heavy atom. The lowest BCUT2D eigenvalue weighted by Gasteiger charge is -2.14. The molecule has 1 aromatic carbocycles. The minimum atomic E-state index is 0.462. The molecule has 0 bridgehead atoms. The molecule has 0 saturated heterocycles. The summed E-state index contributed by atoms with van der Waals surface area (Å²) in [4.78, 5) is 9.28. The van der Waals surface area contributed by atoms with Crippen LogP contribution >= 0.6 is 0 Å². The SMILES string of the molecule is Cc1nc(-c2ccccc2)nc(C)c1CC(C)CN. The maximum atomic E-state index is 5.70. The molecule has 0 saturated carbocycles. The van der Waals surface area contributed by atoms with Gasteiger partial charge in [-0.1, -0.05) is 37.3 Å². The largest absolute Gasteiger partial charge is 0.330 e. The molecular formula is C16H21N3. The van der Waals surface area contributed by atoms with E-state index in [4.69, 9.17) is 5.73 Å². The second kappa shape index (κ2) is 5.93. The smallest absolute Gasteiger partial charge is 0.159 e. The van der Waals surface area contributed by atoms with Crippen LogP contribution in [0.25, 0.3) is 11.4 Å². The van der Waals surface area contributed by atoms with Gasteiger partial charge in [0.05, 0.1) is 0 Å². The molecule has 1 atom stereocenters. The van der Waals surface area contributed by atoms with Gasteiger partial charge in [0.2, 0.25) is 0 Å². The third-order valence-corrected chi connectivity index (χ3v) is 3.41. The molecule has 0 aliphatic carbocycles. The summed E-state index contributed by atoms with van der Waals surface area (Å²) < 4.78 is 0. The molecule has 3 heteroatoms. The highest BCUT2D eigenvalue weighted by Crippen LogP contribution is 2.20. The molecule has 0 fully saturated rings. The molecule has 0 spiro atoms. The lowest BCUT2D eigenvalue weighted by atomic mass is 9.99. The highest BCUT2D eigenvalue weighted by Gasteiger charge is 2.12. The molecule has 0 radical (unpaired) electrons. The van der Waals surface area contributed by atoms with E-state index in [2.05, 4.69) is 30.7 Å². The number of aryl methyl sites for hydroxylation is 2. The quantitative estimate of drug-likeness (QED) is 0.914. The number of hydrogen-bond donors (Lipinski definition) is 1. The van der Waals surface area contributed by atoms with Crippen LogP contribution in [0.5, 0.6) is 0 Å². The van der Waals surface area contributed by atoms with E-state index in [0.717, 1.165) is 29.2 Å². The summed E-state index contributed by atoms with van der Waals surface area (Å²) in [7, 11) is 0. The molecular weight excluding hydrogens is 234 g/mol. The van der Waals surface area contributed by atoms with Crippen molar-refractivity contribution in [1.82, 2.24) is 9.97 Å². The lowest BCUT2D eigenvalue weighted by molar-refractivity contribution is 0.586. The first-order valence-corrected chi connectivity index (χ1v) is 6.71. The zero-order chi connectivity index (χ0) is 13.8. The van der Waals surface area contributed by atoms with E-state index in [0.29, 0.717) is 12.5 Å². The first kappa shape index (κ1) is 13.7. The number of benzene rings is 1. The Kier molecular flexibility index (Phi) is 4.27. The second-order valence-electron chi connectivity index (χ2n) is 5.11. The van der Waals surface area contributed by atoms with Gasteiger partial charge in [0, 0.05) is 17.0 Å². The highest BCUT2D eigenvalue weighted by molar-refractivity contribution is 5.55. The monoisotopic (exact) mass is 255 g/mol. The zero-order valence-electron chi connectivity index (χ0n) is 11.9. The fourth-order valence-corrected chi connectivity index (χ4v) is 2.18. The van der Waals surface area contributed by atoms with Crippen LogP contribution in [0.3, 0.4) is 0 Å². The van der Waals surface area contributed by atoms with E-state index in [1.807, 2.05) is 30.3 Å². The Bertz CT molecular complexity index is 526. The van der Waals surface area contributed by atoms with Gasteiger partial charge in [-0.25, -0.2) is 9.97 Å². The topological polar surface area (TPSA) is 51.8 Å². The van der Waals surface area contributed by atoms with Crippen molar-refractivity contribution in [2.75, 3.05) is 6.54 Å². The zero-order valence-corrected chi connectivity index (χ0v) is 11.9. The number of nitrogens with zero attached hydrogens (tertiary/aromatic N) is 2. The number of nitrogens with two attached hydrogens (primary N) is 1. The van der Waals surface area contributed by atoms with Crippen LogP contribution in [-0.2, 0) is 6.42 Å². The summed E-state index contributed by atoms with van der Waals surface area (Å²) in [5, 5.41) is 0. The molecule has 0 amide bonds. The van der Waals surface area contributed by atoms with E-state index in [9.17, 15) is 0 Å². The lowest BCUT2D eigenvalue weighted by Crippen LogP contribution is -2.15. The molecule has 0 aliphatic heterocycles. The number of rotatable bonds is 4. The first-order valence-electron chi connectivity index (χ1n) is 6.71. The van der Waals surface area contributed by atoms with Crippen LogP contribution in [0.1, 0.15) is 23.9 Å². The van der Waals surface area contributed by atoms with Crippen LogP contribution in [0.2, 0.25) is 0 Å². The van der Waals surface area contributed by atoms with Gasteiger partial charge in [0.15, 0.2) is 5.82 Å². The molecule has 2 N–H and O–H groups in total. The van der Waals surface area contributed by atoms with Crippen molar-refractivity contribution in [3.63, 3.8) is 0 Å². The van der Waals surface area contributed by atoms with Crippen LogP contribution in [0.15, 0.2) is 30.3 Å². The number of aromatic nitrogens is 2. The Morgan fingerprint density at radius 1 is 1.05 bits per heavy atom. The molecule has 0 aliphatic rings. The molecule has 2 rings (SSSR count). The number of hydrogen-bond acceptors (Lipinski definition) is 3. The van der Waals surface area contributed by atoms with E-state index >= 15 is 0 Å². The maximum Gasteiger partial charge on any atom is 0.159 e. The summed E-state index contributed by atoms with van der Waals surface area (Å²) in [6.07, 6.45) is 0.948. The second-order valence-corrected chi connectivity index (χ2v) is 5.11. The predicted octanol–water partition coefficient (Wildman–Crippen LogP) is 2.90. The molecule has 2 aromatic rings. The predicted molar refractivity (Wildman–Crippen MR) is 78.9 cm³/mol. The minimum Gasteiger partial charge on any atom is -0.330 e. The Labute approximate surface area is 114 Å². The van der Waals surface area contributed by atoms with Crippen molar-refractivity contribution < 1.29 is 0 Å². The minimum absolute atomic E-state index is 0.462. The van der Waals surface area contributed by atoms with E-state index in [1.165, 1.54) is 5.56 Å². The normalized spacial score (nSPS) is 12.4. The average Bonchev–Trinajstić information content (AvgIpc) is 2.43. The molecule has 19 heavy (non-hydrogen) atoms. The van der Waals surface area contributed by atoms with Crippen molar-refractivity contribution in [3.05, 3.63) is 47.3 Å². The third-order valence-electron chi connectivity index (χ3n) is 3.41. The maximum absolute atomic E-state index is 5.70. The fourth-order valence-electron chi connectivity index (χ4n) is 2.18. The van der Waals surface area contributed by atoms with E-state index < -0.39 is 0 Å². The van der Waals surface area contributed by atoms with Crippen molar-refractivity contribution in [2.24, 2.45) is 11.7 Å². The molecule has 1 unspecified atom stereocenters. The van der Waals surface area contributed by atoms with Crippen LogP contribution < -0.4 is 5.73 Å². The van der Waals surface area contributed by atoms with Gasteiger partial charge >= 0.3 is 0 Å². The summed E-state index contributed by atoms with van der Waals surface area (Å²) in [5.41, 5.74) is 10.1. The Morgan fingerprint density at radius 2 is 1.63 bits per heavy atom. The standard InChI is InChI=1S/C16H21N3/c1-11(10-17)9-15-12(2)18-16(19-13(15)3)14-7-5-4-6-8-14/h4-8,11H,9-10,17H2,1-3H3. The van der Waals surface area contributed by atoms with E-state index in [1.54, 1.807) is 0 Å². The van der Waals surface area contributed by atoms with Crippen LogP contribution in [-0.4, -0.2) is 16.5 Å². The van der Waals surface area contributed by atoms with Gasteiger partial charge < -0.3 is 5.73 Å². The van der Waals surface area contributed by atoms with Gasteiger partial charge in [-0.3, -0.25) is 0 Å². The first-order chi connectivity index (χ1) is 9.11. The van der Waals surface area contributed by atoms with Gasteiger partial charge in [0.25, 0.3) is 0 Å². The molecule has 1 heterocycles. The third kappa shape index (κ3) is 3.18. The van der Waals surface area contributed by atoms with Gasteiger partial charge in [-0.15, -0.1) is 0 Å². The van der Waals surface area contributed by atoms with Crippen molar-refractivity contribution in [2.45, 2.75) is 27.2 Å². The summed E-state index contributed by atoms with van der Waals surface area (Å²) >= 11 is 0. The Hall–Kier alpha value is -1.74. The van der Waals surface area contributed by atoms with Crippen LogP contribution in [0.4, 0.5) is 0 Å². The van der Waals surface area contributed by atoms with Crippen molar-refractivity contribution in [3.8, 4) is 11.4 Å². The van der Waals surface area contributed by atoms with Gasteiger partial charge in [-0.2, -0.15) is 0 Å². The summed E-state index contributed by atoms with van der Waals surface area (Å²) in [5.74, 6) is 1.27. The fraction of sp³-hybridized carbons (Fsp3) is 0.375. The Balaban J connectivity index is 2.37.